The van der Waals surface area contributed by atoms with Crippen molar-refractivity contribution in [1.82, 2.24) is 9.29 Å². The van der Waals surface area contributed by atoms with Crippen molar-refractivity contribution >= 4 is 15.8 Å². The van der Waals surface area contributed by atoms with Gasteiger partial charge < -0.3 is 10.4 Å². The van der Waals surface area contributed by atoms with Crippen LogP contribution in [0, 0.1) is 0 Å². The predicted molar refractivity (Wildman–Crippen MR) is 74.5 cm³/mol. The third-order valence-corrected chi connectivity index (χ3v) is 4.20. The number of nitrogens with zero attached hydrogens (tertiary/aromatic N) is 2. The minimum absolute atomic E-state index is 0.0181. The molecule has 1 rings (SSSR count). The Labute approximate surface area is 114 Å². The summed E-state index contributed by atoms with van der Waals surface area (Å²) in [6.45, 7) is 5.79. The van der Waals surface area contributed by atoms with Gasteiger partial charge in [-0.05, 0) is 32.9 Å². The minimum Gasteiger partial charge on any atom is -0.389 e. The summed E-state index contributed by atoms with van der Waals surface area (Å²) in [7, 11) is -2.18. The fourth-order valence-electron chi connectivity index (χ4n) is 1.63. The zero-order chi connectivity index (χ0) is 14.7. The molecule has 0 aliphatic heterocycles. The molecule has 0 fully saturated rings. The van der Waals surface area contributed by atoms with Crippen LogP contribution in [0.3, 0.4) is 0 Å². The largest absolute Gasteiger partial charge is 0.389 e. The summed E-state index contributed by atoms with van der Waals surface area (Å²) in [6.07, 6.45) is 1.31. The quantitative estimate of drug-likeness (QED) is 0.812. The molecule has 0 radical (unpaired) electrons. The van der Waals surface area contributed by atoms with Gasteiger partial charge in [0.1, 0.15) is 10.7 Å². The van der Waals surface area contributed by atoms with Crippen LogP contribution in [0.25, 0.3) is 0 Å². The molecule has 0 bridgehead atoms. The van der Waals surface area contributed by atoms with E-state index in [1.807, 2.05) is 6.92 Å². The van der Waals surface area contributed by atoms with Gasteiger partial charge in [-0.3, -0.25) is 0 Å². The van der Waals surface area contributed by atoms with Gasteiger partial charge in [0, 0.05) is 26.3 Å². The van der Waals surface area contributed by atoms with Gasteiger partial charge in [0.2, 0.25) is 10.0 Å². The molecule has 1 aromatic rings. The molecule has 0 aliphatic rings. The first-order valence-corrected chi connectivity index (χ1v) is 7.49. The number of anilines is 1. The summed E-state index contributed by atoms with van der Waals surface area (Å²) in [5, 5.41) is 12.7. The molecule has 1 heterocycles. The predicted octanol–water partition coefficient (Wildman–Crippen LogP) is 0.905. The number of hydrogen-bond acceptors (Lipinski definition) is 5. The van der Waals surface area contributed by atoms with Crippen molar-refractivity contribution in [2.45, 2.75) is 31.3 Å². The smallest absolute Gasteiger partial charge is 0.244 e. The van der Waals surface area contributed by atoms with E-state index < -0.39 is 15.6 Å². The summed E-state index contributed by atoms with van der Waals surface area (Å²) in [5.41, 5.74) is -1.08. The lowest BCUT2D eigenvalue weighted by molar-refractivity contribution is 0.0640. The van der Waals surface area contributed by atoms with Crippen molar-refractivity contribution in [2.75, 3.05) is 25.5 Å². The van der Waals surface area contributed by atoms with Crippen molar-refractivity contribution < 1.29 is 13.5 Å². The Kier molecular flexibility index (Phi) is 4.89. The fraction of sp³-hybridized carbons (Fsp3) is 0.583. The van der Waals surface area contributed by atoms with Gasteiger partial charge in [-0.25, -0.2) is 13.4 Å². The lowest BCUT2D eigenvalue weighted by Gasteiger charge is -2.24. The number of rotatable bonds is 6. The van der Waals surface area contributed by atoms with Crippen molar-refractivity contribution in [3.8, 4) is 0 Å². The summed E-state index contributed by atoms with van der Waals surface area (Å²) < 4.78 is 25.6. The molecule has 6 nitrogen and oxygen atoms in total. The van der Waals surface area contributed by atoms with Gasteiger partial charge in [0.25, 0.3) is 0 Å². The SMILES string of the molecule is CCNc1ccc(S(=O)(=O)N(C)CC(C)(C)O)cn1. The van der Waals surface area contributed by atoms with Crippen LogP contribution < -0.4 is 5.32 Å². The van der Waals surface area contributed by atoms with Crippen molar-refractivity contribution in [2.24, 2.45) is 0 Å². The number of pyridine rings is 1. The Morgan fingerprint density at radius 1 is 1.42 bits per heavy atom. The molecule has 1 aromatic heterocycles. The van der Waals surface area contributed by atoms with E-state index in [2.05, 4.69) is 10.3 Å². The van der Waals surface area contributed by atoms with Gasteiger partial charge in [0.15, 0.2) is 0 Å². The van der Waals surface area contributed by atoms with Crippen LogP contribution in [0.15, 0.2) is 23.2 Å². The summed E-state index contributed by atoms with van der Waals surface area (Å²) >= 11 is 0. The highest BCUT2D eigenvalue weighted by atomic mass is 32.2. The average Bonchev–Trinajstić information content (AvgIpc) is 2.28. The maximum atomic E-state index is 12.2. The zero-order valence-electron chi connectivity index (χ0n) is 11.7. The van der Waals surface area contributed by atoms with Crippen LogP contribution in [0.2, 0.25) is 0 Å². The van der Waals surface area contributed by atoms with E-state index >= 15 is 0 Å². The number of aromatic nitrogens is 1. The molecule has 108 valence electrons. The standard InChI is InChI=1S/C12H21N3O3S/c1-5-13-11-7-6-10(8-14-11)19(17,18)15(4)9-12(2,3)16/h6-8,16H,5,9H2,1-4H3,(H,13,14). The van der Waals surface area contributed by atoms with Crippen molar-refractivity contribution in [1.29, 1.82) is 0 Å². The van der Waals surface area contributed by atoms with E-state index in [9.17, 15) is 13.5 Å². The first-order chi connectivity index (χ1) is 8.66. The number of aliphatic hydroxyl groups is 1. The second-order valence-electron chi connectivity index (χ2n) is 4.98. The molecule has 0 aliphatic carbocycles. The van der Waals surface area contributed by atoms with Crippen LogP contribution in [-0.2, 0) is 10.0 Å². The summed E-state index contributed by atoms with van der Waals surface area (Å²) in [6, 6.07) is 3.12. The highest BCUT2D eigenvalue weighted by Gasteiger charge is 2.26. The highest BCUT2D eigenvalue weighted by Crippen LogP contribution is 2.17. The molecule has 0 amide bonds. The molecule has 19 heavy (non-hydrogen) atoms. The van der Waals surface area contributed by atoms with Gasteiger partial charge in [0.05, 0.1) is 5.60 Å². The number of likely N-dealkylation sites (N-methyl/N-ethyl adjacent to an activating group) is 1. The van der Waals surface area contributed by atoms with Crippen LogP contribution in [-0.4, -0.2) is 48.6 Å². The Morgan fingerprint density at radius 2 is 2.05 bits per heavy atom. The molecule has 0 aromatic carbocycles. The molecule has 0 saturated carbocycles. The van der Waals surface area contributed by atoms with Crippen molar-refractivity contribution in [3.05, 3.63) is 18.3 Å². The van der Waals surface area contributed by atoms with Crippen LogP contribution in [0.5, 0.6) is 0 Å². The van der Waals surface area contributed by atoms with Crippen LogP contribution in [0.4, 0.5) is 5.82 Å². The lowest BCUT2D eigenvalue weighted by Crippen LogP contribution is -2.39. The number of hydrogen-bond donors (Lipinski definition) is 2. The Bertz CT molecular complexity index is 506. The fourth-order valence-corrected chi connectivity index (χ4v) is 2.90. The van der Waals surface area contributed by atoms with Gasteiger partial charge in [-0.15, -0.1) is 0 Å². The molecule has 7 heteroatoms. The molecule has 0 atom stereocenters. The molecule has 0 unspecified atom stereocenters. The van der Waals surface area contributed by atoms with E-state index in [4.69, 9.17) is 0 Å². The second kappa shape index (κ2) is 5.85. The lowest BCUT2D eigenvalue weighted by atomic mass is 10.1. The number of nitrogens with one attached hydrogen (secondary N) is 1. The summed E-state index contributed by atoms with van der Waals surface area (Å²) in [4.78, 5) is 4.15. The van der Waals surface area contributed by atoms with E-state index in [1.54, 1.807) is 19.9 Å². The maximum Gasteiger partial charge on any atom is 0.244 e. The summed E-state index contributed by atoms with van der Waals surface area (Å²) in [5.74, 6) is 0.631. The first-order valence-electron chi connectivity index (χ1n) is 6.05. The topological polar surface area (TPSA) is 82.5 Å². The van der Waals surface area contributed by atoms with Gasteiger partial charge in [-0.2, -0.15) is 4.31 Å². The minimum atomic E-state index is -3.62. The third kappa shape index (κ3) is 4.45. The van der Waals surface area contributed by atoms with Crippen LogP contribution >= 0.6 is 0 Å². The maximum absolute atomic E-state index is 12.2. The molecule has 0 spiro atoms. The van der Waals surface area contributed by atoms with Gasteiger partial charge in [-0.1, -0.05) is 0 Å². The van der Waals surface area contributed by atoms with Gasteiger partial charge >= 0.3 is 0 Å². The Morgan fingerprint density at radius 3 is 2.47 bits per heavy atom. The second-order valence-corrected chi connectivity index (χ2v) is 7.03. The average molecular weight is 287 g/mol. The Hall–Kier alpha value is -1.18. The third-order valence-electron chi connectivity index (χ3n) is 2.41. The van der Waals surface area contributed by atoms with E-state index in [0.29, 0.717) is 5.82 Å². The molecule has 0 saturated heterocycles. The monoisotopic (exact) mass is 287 g/mol. The first kappa shape index (κ1) is 15.9. The molecule has 2 N–H and O–H groups in total. The highest BCUT2D eigenvalue weighted by molar-refractivity contribution is 7.89. The zero-order valence-corrected chi connectivity index (χ0v) is 12.5. The van der Waals surface area contributed by atoms with Crippen LogP contribution in [0.1, 0.15) is 20.8 Å². The molecular formula is C12H21N3O3S. The number of sulfonamides is 1. The Balaban J connectivity index is 2.93. The van der Waals surface area contributed by atoms with E-state index in [0.717, 1.165) is 10.8 Å². The molecular weight excluding hydrogens is 266 g/mol. The normalized spacial score (nSPS) is 12.7. The van der Waals surface area contributed by atoms with Crippen molar-refractivity contribution in [3.63, 3.8) is 0 Å². The van der Waals surface area contributed by atoms with E-state index in [-0.39, 0.29) is 11.4 Å². The van der Waals surface area contributed by atoms with E-state index in [1.165, 1.54) is 19.3 Å².